The van der Waals surface area contributed by atoms with E-state index in [0.717, 1.165) is 14.9 Å². The van der Waals surface area contributed by atoms with Gasteiger partial charge in [-0.25, -0.2) is 0 Å². The molecule has 2 aromatic rings. The predicted molar refractivity (Wildman–Crippen MR) is 80.0 cm³/mol. The monoisotopic (exact) mass is 355 g/mol. The lowest BCUT2D eigenvalue weighted by Gasteiger charge is -2.08. The van der Waals surface area contributed by atoms with Crippen molar-refractivity contribution in [2.24, 2.45) is 0 Å². The van der Waals surface area contributed by atoms with Crippen molar-refractivity contribution in [1.29, 1.82) is 0 Å². The van der Waals surface area contributed by atoms with Crippen LogP contribution in [0.3, 0.4) is 0 Å². The first-order chi connectivity index (χ1) is 8.56. The molecule has 6 heteroatoms. The number of nitrogens with zero attached hydrogens (tertiary/aromatic N) is 1. The van der Waals surface area contributed by atoms with Gasteiger partial charge in [-0.15, -0.1) is 0 Å². The van der Waals surface area contributed by atoms with Crippen molar-refractivity contribution in [3.8, 4) is 0 Å². The third-order valence-electron chi connectivity index (χ3n) is 2.35. The number of nitro benzene ring substituents is 1. The van der Waals surface area contributed by atoms with Crippen LogP contribution in [0.1, 0.15) is 0 Å². The summed E-state index contributed by atoms with van der Waals surface area (Å²) in [4.78, 5) is 10.2. The topological polar surface area (TPSA) is 81.2 Å². The highest BCUT2D eigenvalue weighted by Crippen LogP contribution is 2.26. The summed E-state index contributed by atoms with van der Waals surface area (Å²) in [5.74, 6) is 0. The number of rotatable bonds is 3. The molecule has 0 aliphatic carbocycles. The summed E-state index contributed by atoms with van der Waals surface area (Å²) in [7, 11) is 0. The fraction of sp³-hybridized carbons (Fsp3) is 0. The number of hydrogen-bond donors (Lipinski definition) is 2. The van der Waals surface area contributed by atoms with E-state index >= 15 is 0 Å². The van der Waals surface area contributed by atoms with Crippen LogP contribution in [0.5, 0.6) is 0 Å². The minimum atomic E-state index is -0.408. The van der Waals surface area contributed by atoms with E-state index in [2.05, 4.69) is 27.9 Å². The van der Waals surface area contributed by atoms with Crippen LogP contribution in [0.4, 0.5) is 22.7 Å². The predicted octanol–water partition coefficient (Wildman–Crippen LogP) is 3.53. The molecule has 0 amide bonds. The number of nitrogens with one attached hydrogen (secondary N) is 1. The van der Waals surface area contributed by atoms with Crippen molar-refractivity contribution in [2.45, 2.75) is 0 Å². The van der Waals surface area contributed by atoms with E-state index in [4.69, 9.17) is 5.73 Å². The first kappa shape index (κ1) is 12.6. The Labute approximate surface area is 117 Å². The van der Waals surface area contributed by atoms with E-state index in [1.54, 1.807) is 18.2 Å². The molecule has 0 aromatic heterocycles. The van der Waals surface area contributed by atoms with Gasteiger partial charge in [-0.1, -0.05) is 0 Å². The van der Waals surface area contributed by atoms with Gasteiger partial charge in [-0.3, -0.25) is 10.1 Å². The number of nitrogens with two attached hydrogens (primary N) is 1. The molecular weight excluding hydrogens is 345 g/mol. The lowest BCUT2D eigenvalue weighted by atomic mass is 10.2. The SMILES string of the molecule is Nc1ccc(Nc2ccc([N+](=O)[O-])cc2I)cc1. The Kier molecular flexibility index (Phi) is 3.66. The quantitative estimate of drug-likeness (QED) is 0.382. The van der Waals surface area contributed by atoms with Crippen LogP contribution in [0.2, 0.25) is 0 Å². The molecule has 0 fully saturated rings. The molecule has 2 rings (SSSR count). The zero-order valence-electron chi connectivity index (χ0n) is 9.26. The molecule has 0 saturated heterocycles. The standard InChI is InChI=1S/C12H10IN3O2/c13-11-7-10(16(17)18)5-6-12(11)15-9-3-1-8(14)2-4-9/h1-7,15H,14H2. The Balaban J connectivity index is 2.24. The van der Waals surface area contributed by atoms with Crippen LogP contribution in [0.25, 0.3) is 0 Å². The Morgan fingerprint density at radius 1 is 1.17 bits per heavy atom. The Morgan fingerprint density at radius 2 is 1.83 bits per heavy atom. The minimum Gasteiger partial charge on any atom is -0.399 e. The molecule has 2 aromatic carbocycles. The Hall–Kier alpha value is -1.83. The third-order valence-corrected chi connectivity index (χ3v) is 3.25. The van der Waals surface area contributed by atoms with Gasteiger partial charge in [0.2, 0.25) is 0 Å². The van der Waals surface area contributed by atoms with Crippen LogP contribution < -0.4 is 11.1 Å². The van der Waals surface area contributed by atoms with Crippen molar-refractivity contribution in [3.63, 3.8) is 0 Å². The average molecular weight is 355 g/mol. The molecule has 0 aliphatic heterocycles. The normalized spacial score (nSPS) is 10.1. The second-order valence-electron chi connectivity index (χ2n) is 3.67. The number of nitro groups is 1. The van der Waals surface area contributed by atoms with Gasteiger partial charge in [0.15, 0.2) is 0 Å². The van der Waals surface area contributed by atoms with Crippen molar-refractivity contribution in [3.05, 3.63) is 56.1 Å². The first-order valence-corrected chi connectivity index (χ1v) is 6.20. The smallest absolute Gasteiger partial charge is 0.270 e. The van der Waals surface area contributed by atoms with Crippen LogP contribution >= 0.6 is 22.6 Å². The average Bonchev–Trinajstić information content (AvgIpc) is 2.34. The van der Waals surface area contributed by atoms with Gasteiger partial charge in [-0.05, 0) is 52.9 Å². The van der Waals surface area contributed by atoms with Crippen LogP contribution in [-0.2, 0) is 0 Å². The Morgan fingerprint density at radius 3 is 2.39 bits per heavy atom. The molecule has 18 heavy (non-hydrogen) atoms. The number of hydrogen-bond acceptors (Lipinski definition) is 4. The van der Waals surface area contributed by atoms with Crippen molar-refractivity contribution in [2.75, 3.05) is 11.1 Å². The molecular formula is C12H10IN3O2. The minimum absolute atomic E-state index is 0.0854. The van der Waals surface area contributed by atoms with E-state index < -0.39 is 4.92 Å². The summed E-state index contributed by atoms with van der Waals surface area (Å²) in [5, 5.41) is 13.8. The number of halogens is 1. The van der Waals surface area contributed by atoms with Crippen molar-refractivity contribution in [1.82, 2.24) is 0 Å². The molecule has 0 radical (unpaired) electrons. The van der Waals surface area contributed by atoms with Gasteiger partial charge in [0.25, 0.3) is 5.69 Å². The van der Waals surface area contributed by atoms with E-state index in [-0.39, 0.29) is 5.69 Å². The van der Waals surface area contributed by atoms with E-state index in [9.17, 15) is 10.1 Å². The fourth-order valence-corrected chi connectivity index (χ4v) is 2.07. The van der Waals surface area contributed by atoms with Crippen LogP contribution in [-0.4, -0.2) is 4.92 Å². The fourth-order valence-electron chi connectivity index (χ4n) is 1.44. The molecule has 5 nitrogen and oxygen atoms in total. The second kappa shape index (κ2) is 5.21. The summed E-state index contributed by atoms with van der Waals surface area (Å²) in [6, 6.07) is 12.0. The maximum Gasteiger partial charge on any atom is 0.270 e. The van der Waals surface area contributed by atoms with Crippen LogP contribution in [0, 0.1) is 13.7 Å². The maximum atomic E-state index is 10.6. The molecule has 0 aliphatic rings. The molecule has 0 spiro atoms. The zero-order valence-corrected chi connectivity index (χ0v) is 11.4. The van der Waals surface area contributed by atoms with Gasteiger partial charge in [0.1, 0.15) is 0 Å². The molecule has 0 saturated carbocycles. The first-order valence-electron chi connectivity index (χ1n) is 5.13. The number of non-ortho nitro benzene ring substituents is 1. The lowest BCUT2D eigenvalue weighted by Crippen LogP contribution is -1.95. The van der Waals surface area contributed by atoms with Gasteiger partial charge >= 0.3 is 0 Å². The summed E-state index contributed by atoms with van der Waals surface area (Å²) in [6.45, 7) is 0. The zero-order chi connectivity index (χ0) is 13.1. The number of anilines is 3. The van der Waals surface area contributed by atoms with E-state index in [1.165, 1.54) is 12.1 Å². The van der Waals surface area contributed by atoms with E-state index in [1.807, 2.05) is 12.1 Å². The summed E-state index contributed by atoms with van der Waals surface area (Å²) in [5.41, 5.74) is 8.09. The molecule has 0 bridgehead atoms. The van der Waals surface area contributed by atoms with Gasteiger partial charge in [-0.2, -0.15) is 0 Å². The summed E-state index contributed by atoms with van der Waals surface area (Å²) >= 11 is 2.06. The Bertz CT molecular complexity index is 584. The molecule has 0 unspecified atom stereocenters. The molecule has 0 heterocycles. The largest absolute Gasteiger partial charge is 0.399 e. The van der Waals surface area contributed by atoms with Crippen LogP contribution in [0.15, 0.2) is 42.5 Å². The van der Waals surface area contributed by atoms with E-state index in [0.29, 0.717) is 5.69 Å². The molecule has 3 N–H and O–H groups in total. The third kappa shape index (κ3) is 2.89. The van der Waals surface area contributed by atoms with Crippen molar-refractivity contribution < 1.29 is 4.92 Å². The number of nitrogen functional groups attached to an aromatic ring is 1. The highest BCUT2D eigenvalue weighted by molar-refractivity contribution is 14.1. The van der Waals surface area contributed by atoms with Gasteiger partial charge in [0.05, 0.1) is 10.6 Å². The summed E-state index contributed by atoms with van der Waals surface area (Å²) < 4.78 is 0.790. The van der Waals surface area contributed by atoms with Crippen molar-refractivity contribution >= 4 is 45.3 Å². The molecule has 92 valence electrons. The lowest BCUT2D eigenvalue weighted by molar-refractivity contribution is -0.384. The highest BCUT2D eigenvalue weighted by atomic mass is 127. The van der Waals surface area contributed by atoms with Gasteiger partial charge < -0.3 is 11.1 Å². The second-order valence-corrected chi connectivity index (χ2v) is 4.83. The van der Waals surface area contributed by atoms with Gasteiger partial charge in [0, 0.05) is 27.1 Å². The highest BCUT2D eigenvalue weighted by Gasteiger charge is 2.08. The number of benzene rings is 2. The molecule has 0 atom stereocenters. The maximum absolute atomic E-state index is 10.6. The summed E-state index contributed by atoms with van der Waals surface area (Å²) in [6.07, 6.45) is 0.